The summed E-state index contributed by atoms with van der Waals surface area (Å²) in [5.41, 5.74) is 1.64. The van der Waals surface area contributed by atoms with Crippen molar-refractivity contribution in [2.45, 2.75) is 13.0 Å². The number of amides is 1. The maximum absolute atomic E-state index is 12.1. The van der Waals surface area contributed by atoms with Gasteiger partial charge in [-0.05, 0) is 31.2 Å². The molecule has 0 aliphatic carbocycles. The van der Waals surface area contributed by atoms with Gasteiger partial charge < -0.3 is 24.4 Å². The van der Waals surface area contributed by atoms with Crippen molar-refractivity contribution in [1.82, 2.24) is 0 Å². The maximum Gasteiger partial charge on any atom is 0.377 e. The first-order valence-corrected chi connectivity index (χ1v) is 7.21. The molecule has 0 saturated heterocycles. The molecule has 1 aromatic rings. The van der Waals surface area contributed by atoms with Gasteiger partial charge in [-0.15, -0.1) is 0 Å². The zero-order chi connectivity index (χ0) is 16.8. The molecule has 0 radical (unpaired) electrons. The Kier molecular flexibility index (Phi) is 5.46. The summed E-state index contributed by atoms with van der Waals surface area (Å²) < 4.78 is 15.1. The first-order chi connectivity index (χ1) is 11.0. The van der Waals surface area contributed by atoms with E-state index in [0.717, 1.165) is 5.69 Å². The number of hydrogen-bond donors (Lipinski definition) is 1. The molecule has 0 spiro atoms. The van der Waals surface area contributed by atoms with Gasteiger partial charge in [-0.3, -0.25) is 4.79 Å². The predicted octanol–water partition coefficient (Wildman–Crippen LogP) is 1.51. The molecule has 0 saturated carbocycles. The Morgan fingerprint density at radius 2 is 1.91 bits per heavy atom. The van der Waals surface area contributed by atoms with Gasteiger partial charge in [0, 0.05) is 25.5 Å². The molecule has 0 fully saturated rings. The van der Waals surface area contributed by atoms with Gasteiger partial charge in [-0.2, -0.15) is 0 Å². The topological polar surface area (TPSA) is 77.1 Å². The Morgan fingerprint density at radius 3 is 2.48 bits per heavy atom. The third-order valence-electron chi connectivity index (χ3n) is 3.15. The Hall–Kier alpha value is -2.70. The molecule has 0 bridgehead atoms. The SMILES string of the molecule is C[C@@H](OC(=O)C1=COCCO1)C(=O)Nc1ccc(N(C)C)cc1. The van der Waals surface area contributed by atoms with Gasteiger partial charge in [0.25, 0.3) is 5.91 Å². The minimum absolute atomic E-state index is 0.0359. The summed E-state index contributed by atoms with van der Waals surface area (Å²) in [7, 11) is 3.86. The van der Waals surface area contributed by atoms with Crippen LogP contribution in [0.1, 0.15) is 6.92 Å². The van der Waals surface area contributed by atoms with Crippen LogP contribution in [-0.2, 0) is 23.8 Å². The zero-order valence-electron chi connectivity index (χ0n) is 13.4. The van der Waals surface area contributed by atoms with Gasteiger partial charge in [0.2, 0.25) is 5.76 Å². The Bertz CT molecular complexity index is 595. The lowest BCUT2D eigenvalue weighted by Crippen LogP contribution is -2.31. The minimum atomic E-state index is -0.956. The van der Waals surface area contributed by atoms with Crippen LogP contribution in [0.3, 0.4) is 0 Å². The Morgan fingerprint density at radius 1 is 1.22 bits per heavy atom. The number of carbonyl (C=O) groups excluding carboxylic acids is 2. The third-order valence-corrected chi connectivity index (χ3v) is 3.15. The second-order valence-electron chi connectivity index (χ2n) is 5.18. The smallest absolute Gasteiger partial charge is 0.377 e. The van der Waals surface area contributed by atoms with Crippen molar-refractivity contribution in [2.24, 2.45) is 0 Å². The highest BCUT2D eigenvalue weighted by Gasteiger charge is 2.23. The number of hydrogen-bond acceptors (Lipinski definition) is 6. The molecular formula is C16H20N2O5. The Balaban J connectivity index is 1.89. The molecule has 7 nitrogen and oxygen atoms in total. The van der Waals surface area contributed by atoms with Crippen LogP contribution in [0.5, 0.6) is 0 Å². The Labute approximate surface area is 134 Å². The van der Waals surface area contributed by atoms with Crippen molar-refractivity contribution in [2.75, 3.05) is 37.5 Å². The highest BCUT2D eigenvalue weighted by Crippen LogP contribution is 2.16. The van der Waals surface area contributed by atoms with Gasteiger partial charge in [-0.1, -0.05) is 0 Å². The lowest BCUT2D eigenvalue weighted by atomic mass is 10.2. The summed E-state index contributed by atoms with van der Waals surface area (Å²) in [6.45, 7) is 2.15. The fraction of sp³-hybridized carbons (Fsp3) is 0.375. The molecule has 2 rings (SSSR count). The fourth-order valence-corrected chi connectivity index (χ4v) is 1.83. The first-order valence-electron chi connectivity index (χ1n) is 7.21. The van der Waals surface area contributed by atoms with Crippen LogP contribution in [0, 0.1) is 0 Å². The summed E-state index contributed by atoms with van der Waals surface area (Å²) in [5, 5.41) is 2.69. The maximum atomic E-state index is 12.1. The van der Waals surface area contributed by atoms with Gasteiger partial charge in [0.15, 0.2) is 6.10 Å². The van der Waals surface area contributed by atoms with Crippen molar-refractivity contribution < 1.29 is 23.8 Å². The number of benzene rings is 1. The van der Waals surface area contributed by atoms with Gasteiger partial charge in [-0.25, -0.2) is 4.79 Å². The minimum Gasteiger partial charge on any atom is -0.493 e. The van der Waals surface area contributed by atoms with Crippen LogP contribution in [-0.4, -0.2) is 45.3 Å². The zero-order valence-corrected chi connectivity index (χ0v) is 13.4. The molecule has 1 aromatic carbocycles. The molecule has 1 amide bonds. The van der Waals surface area contributed by atoms with Crippen LogP contribution in [0.4, 0.5) is 11.4 Å². The van der Waals surface area contributed by atoms with Crippen molar-refractivity contribution >= 4 is 23.3 Å². The fourth-order valence-electron chi connectivity index (χ4n) is 1.83. The first kappa shape index (κ1) is 16.7. The summed E-state index contributed by atoms with van der Waals surface area (Å²) in [5.74, 6) is -1.19. The molecule has 7 heteroatoms. The molecule has 124 valence electrons. The molecule has 1 N–H and O–H groups in total. The molecular weight excluding hydrogens is 300 g/mol. The second-order valence-corrected chi connectivity index (χ2v) is 5.18. The van der Waals surface area contributed by atoms with E-state index in [1.165, 1.54) is 13.2 Å². The van der Waals surface area contributed by atoms with Gasteiger partial charge in [0.05, 0.1) is 0 Å². The number of ether oxygens (including phenoxy) is 3. The lowest BCUT2D eigenvalue weighted by molar-refractivity contribution is -0.153. The van der Waals surface area contributed by atoms with E-state index in [2.05, 4.69) is 5.32 Å². The summed E-state index contributed by atoms with van der Waals surface area (Å²) in [6.07, 6.45) is 0.235. The van der Waals surface area contributed by atoms with Crippen LogP contribution in [0.2, 0.25) is 0 Å². The number of nitrogens with zero attached hydrogens (tertiary/aromatic N) is 1. The monoisotopic (exact) mass is 320 g/mol. The van der Waals surface area contributed by atoms with E-state index >= 15 is 0 Å². The van der Waals surface area contributed by atoms with E-state index in [9.17, 15) is 9.59 Å². The molecule has 1 aliphatic heterocycles. The van der Waals surface area contributed by atoms with Crippen LogP contribution in [0.25, 0.3) is 0 Å². The van der Waals surface area contributed by atoms with E-state index in [1.807, 2.05) is 31.1 Å². The van der Waals surface area contributed by atoms with Crippen molar-refractivity contribution in [3.8, 4) is 0 Å². The van der Waals surface area contributed by atoms with Crippen molar-refractivity contribution in [3.05, 3.63) is 36.3 Å². The lowest BCUT2D eigenvalue weighted by Gasteiger charge is -2.17. The van der Waals surface area contributed by atoms with Gasteiger partial charge >= 0.3 is 5.97 Å². The number of esters is 1. The molecule has 23 heavy (non-hydrogen) atoms. The quantitative estimate of drug-likeness (QED) is 0.829. The summed E-state index contributed by atoms with van der Waals surface area (Å²) in [4.78, 5) is 25.8. The number of anilines is 2. The number of carbonyl (C=O) groups is 2. The van der Waals surface area contributed by atoms with E-state index < -0.39 is 18.0 Å². The van der Waals surface area contributed by atoms with E-state index in [-0.39, 0.29) is 12.4 Å². The number of rotatable bonds is 5. The van der Waals surface area contributed by atoms with E-state index in [0.29, 0.717) is 12.3 Å². The van der Waals surface area contributed by atoms with E-state index in [1.54, 1.807) is 12.1 Å². The summed E-state index contributed by atoms with van der Waals surface area (Å²) >= 11 is 0. The van der Waals surface area contributed by atoms with Crippen LogP contribution in [0.15, 0.2) is 36.3 Å². The van der Waals surface area contributed by atoms with Crippen LogP contribution >= 0.6 is 0 Å². The van der Waals surface area contributed by atoms with Crippen LogP contribution < -0.4 is 10.2 Å². The predicted molar refractivity (Wildman–Crippen MR) is 84.9 cm³/mol. The third kappa shape index (κ3) is 4.64. The molecule has 1 heterocycles. The normalized spacial score (nSPS) is 14.7. The standard InChI is InChI=1S/C16H20N2O5/c1-11(23-16(20)14-10-21-8-9-22-14)15(19)17-12-4-6-13(7-5-12)18(2)3/h4-7,10-11H,8-9H2,1-3H3,(H,17,19)/t11-/m1/s1. The second kappa shape index (κ2) is 7.53. The average Bonchev–Trinajstić information content (AvgIpc) is 2.56. The average molecular weight is 320 g/mol. The largest absolute Gasteiger partial charge is 0.493 e. The molecule has 0 aromatic heterocycles. The molecule has 1 atom stereocenters. The molecule has 1 aliphatic rings. The number of nitrogens with one attached hydrogen (secondary N) is 1. The van der Waals surface area contributed by atoms with E-state index in [4.69, 9.17) is 14.2 Å². The van der Waals surface area contributed by atoms with Crippen molar-refractivity contribution in [3.63, 3.8) is 0 Å². The highest BCUT2D eigenvalue weighted by molar-refractivity contribution is 5.96. The molecule has 0 unspecified atom stereocenters. The van der Waals surface area contributed by atoms with Crippen molar-refractivity contribution in [1.29, 1.82) is 0 Å². The highest BCUT2D eigenvalue weighted by atomic mass is 16.6. The van der Waals surface area contributed by atoms with Gasteiger partial charge in [0.1, 0.15) is 19.5 Å². The summed E-state index contributed by atoms with van der Waals surface area (Å²) in [6, 6.07) is 7.32.